The molecule has 1 aromatic carbocycles. The molecule has 0 radical (unpaired) electrons. The van der Waals surface area contributed by atoms with Gasteiger partial charge in [0, 0.05) is 16.9 Å². The zero-order chi connectivity index (χ0) is 17.7. The first-order chi connectivity index (χ1) is 11.3. The molecule has 0 aliphatic carbocycles. The molecule has 0 spiro atoms. The predicted octanol–water partition coefficient (Wildman–Crippen LogP) is 3.50. The number of hydrogen-bond acceptors (Lipinski definition) is 2. The first-order valence-corrected chi connectivity index (χ1v) is 8.83. The van der Waals surface area contributed by atoms with E-state index in [0.29, 0.717) is 6.04 Å². The zero-order valence-electron chi connectivity index (χ0n) is 15.9. The summed E-state index contributed by atoms with van der Waals surface area (Å²) in [7, 11) is 6.40. The van der Waals surface area contributed by atoms with Crippen molar-refractivity contribution in [3.63, 3.8) is 0 Å². The first kappa shape index (κ1) is 18.6. The van der Waals surface area contributed by atoms with E-state index in [-0.39, 0.29) is 0 Å². The van der Waals surface area contributed by atoms with E-state index in [9.17, 15) is 0 Å². The van der Waals surface area contributed by atoms with Crippen molar-refractivity contribution in [2.24, 2.45) is 0 Å². The summed E-state index contributed by atoms with van der Waals surface area (Å²) in [5.41, 5.74) is 3.74. The fraction of sp³-hybridized carbons (Fsp3) is 0.500. The largest absolute Gasteiger partial charge is 0.354 e. The van der Waals surface area contributed by atoms with Gasteiger partial charge in [-0.25, -0.2) is 0 Å². The van der Waals surface area contributed by atoms with E-state index in [4.69, 9.17) is 0 Å². The molecule has 4 heteroatoms. The van der Waals surface area contributed by atoms with Crippen LogP contribution in [0.2, 0.25) is 0 Å². The number of aromatic nitrogens is 1. The van der Waals surface area contributed by atoms with Gasteiger partial charge in [-0.05, 0) is 65.1 Å². The Kier molecular flexibility index (Phi) is 6.08. The number of hydrogen-bond donors (Lipinski definition) is 3. The lowest BCUT2D eigenvalue weighted by Crippen LogP contribution is -2.45. The molecule has 4 nitrogen and oxygen atoms in total. The predicted molar refractivity (Wildman–Crippen MR) is 104 cm³/mol. The second-order valence-electron chi connectivity index (χ2n) is 7.47. The molecule has 0 saturated heterocycles. The van der Waals surface area contributed by atoms with Crippen LogP contribution in [-0.2, 0) is 6.54 Å². The van der Waals surface area contributed by atoms with E-state index >= 15 is 0 Å². The fourth-order valence-electron chi connectivity index (χ4n) is 3.03. The number of benzene rings is 1. The van der Waals surface area contributed by atoms with Crippen molar-refractivity contribution >= 4 is 10.9 Å². The van der Waals surface area contributed by atoms with Crippen LogP contribution in [0.25, 0.3) is 10.9 Å². The maximum absolute atomic E-state index is 4.29. The van der Waals surface area contributed by atoms with Crippen LogP contribution in [0.3, 0.4) is 0 Å². The Hall–Kier alpha value is -1.78. The highest BCUT2D eigenvalue weighted by molar-refractivity contribution is 5.81. The molecular weight excluding hydrogens is 296 g/mol. The minimum atomic E-state index is 0.439. The van der Waals surface area contributed by atoms with Crippen LogP contribution in [0.1, 0.15) is 31.0 Å². The number of aromatic amines is 1. The Morgan fingerprint density at radius 3 is 2.75 bits per heavy atom. The Labute approximate surface area is 146 Å². The van der Waals surface area contributed by atoms with Gasteiger partial charge >= 0.3 is 0 Å². The lowest BCUT2D eigenvalue weighted by Gasteiger charge is -2.32. The summed E-state index contributed by atoms with van der Waals surface area (Å²) >= 11 is 0. The van der Waals surface area contributed by atoms with Gasteiger partial charge in [-0.15, -0.1) is 0 Å². The highest BCUT2D eigenvalue weighted by Gasteiger charge is 2.23. The third-order valence-electron chi connectivity index (χ3n) is 4.61. The quantitative estimate of drug-likeness (QED) is 0.487. The van der Waals surface area contributed by atoms with Gasteiger partial charge in [0.1, 0.15) is 6.54 Å². The Morgan fingerprint density at radius 1 is 1.29 bits per heavy atom. The van der Waals surface area contributed by atoms with E-state index in [0.717, 1.165) is 29.8 Å². The summed E-state index contributed by atoms with van der Waals surface area (Å²) in [6, 6.07) is 9.23. The maximum atomic E-state index is 4.29. The molecule has 0 amide bonds. The number of fused-ring (bicyclic) bond motifs is 1. The fourth-order valence-corrected chi connectivity index (χ4v) is 3.03. The average Bonchev–Trinajstić information content (AvgIpc) is 2.87. The summed E-state index contributed by atoms with van der Waals surface area (Å²) in [6.07, 6.45) is 2.32. The molecule has 0 aliphatic heterocycles. The third kappa shape index (κ3) is 4.86. The van der Waals surface area contributed by atoms with E-state index in [1.807, 2.05) is 7.05 Å². The topological polar surface area (TPSA) is 39.8 Å². The standard InChI is InChI=1S/C20H33N4/c1-15-9-10-20-18(12-15)13-19(23-20)14-24(5,6)17(3)22-16(2)8-7-11-21-4/h9-10,12-13,16,21-23H,3,7-8,11,14H2,1-2,4-6H3/q+1. The summed E-state index contributed by atoms with van der Waals surface area (Å²) in [4.78, 5) is 3.54. The maximum Gasteiger partial charge on any atom is 0.194 e. The van der Waals surface area contributed by atoms with E-state index < -0.39 is 0 Å². The van der Waals surface area contributed by atoms with Gasteiger partial charge in [-0.1, -0.05) is 11.6 Å². The van der Waals surface area contributed by atoms with E-state index in [2.05, 4.69) is 74.4 Å². The van der Waals surface area contributed by atoms with E-state index in [1.54, 1.807) is 0 Å². The zero-order valence-corrected chi connectivity index (χ0v) is 15.9. The lowest BCUT2D eigenvalue weighted by atomic mass is 10.2. The lowest BCUT2D eigenvalue weighted by molar-refractivity contribution is -0.869. The molecule has 2 rings (SSSR count). The molecule has 0 saturated carbocycles. The van der Waals surface area contributed by atoms with Gasteiger partial charge in [0.05, 0.1) is 19.8 Å². The smallest absolute Gasteiger partial charge is 0.194 e. The van der Waals surface area contributed by atoms with Crippen molar-refractivity contribution in [1.82, 2.24) is 15.6 Å². The number of quaternary nitrogens is 1. The van der Waals surface area contributed by atoms with Crippen LogP contribution >= 0.6 is 0 Å². The molecule has 1 unspecified atom stereocenters. The van der Waals surface area contributed by atoms with Gasteiger partial charge in [-0.2, -0.15) is 0 Å². The molecule has 1 heterocycles. The molecule has 0 bridgehead atoms. The van der Waals surface area contributed by atoms with Crippen LogP contribution in [0.5, 0.6) is 0 Å². The van der Waals surface area contributed by atoms with Crippen LogP contribution in [-0.4, -0.2) is 43.2 Å². The van der Waals surface area contributed by atoms with Crippen molar-refractivity contribution in [3.05, 3.63) is 47.9 Å². The Balaban J connectivity index is 1.99. The molecule has 0 aliphatic rings. The average molecular weight is 330 g/mol. The minimum Gasteiger partial charge on any atom is -0.354 e. The van der Waals surface area contributed by atoms with Crippen LogP contribution < -0.4 is 10.6 Å². The molecule has 2 aromatic rings. The molecule has 1 aromatic heterocycles. The van der Waals surface area contributed by atoms with Gasteiger partial charge in [0.15, 0.2) is 5.82 Å². The molecule has 1 atom stereocenters. The van der Waals surface area contributed by atoms with Crippen molar-refractivity contribution in [1.29, 1.82) is 0 Å². The van der Waals surface area contributed by atoms with Gasteiger partial charge in [0.25, 0.3) is 0 Å². The minimum absolute atomic E-state index is 0.439. The summed E-state index contributed by atoms with van der Waals surface area (Å²) in [5.74, 6) is 1.06. The highest BCUT2D eigenvalue weighted by Crippen LogP contribution is 2.21. The van der Waals surface area contributed by atoms with Crippen LogP contribution in [0.4, 0.5) is 0 Å². The Morgan fingerprint density at radius 2 is 2.04 bits per heavy atom. The SMILES string of the molecule is C=C(NC(C)CCCNC)[N+](C)(C)Cc1cc2cc(C)ccc2[nH]1. The van der Waals surface area contributed by atoms with Crippen molar-refractivity contribution in [2.45, 2.75) is 39.3 Å². The molecular formula is C20H33N4+. The normalized spacial score (nSPS) is 13.2. The number of H-pyrrole nitrogens is 1. The summed E-state index contributed by atoms with van der Waals surface area (Å²) < 4.78 is 0.724. The van der Waals surface area contributed by atoms with Gasteiger partial charge < -0.3 is 15.6 Å². The van der Waals surface area contributed by atoms with Crippen LogP contribution in [0.15, 0.2) is 36.7 Å². The number of nitrogens with one attached hydrogen (secondary N) is 3. The molecule has 3 N–H and O–H groups in total. The van der Waals surface area contributed by atoms with E-state index in [1.165, 1.54) is 28.6 Å². The van der Waals surface area contributed by atoms with Crippen molar-refractivity contribution in [2.75, 3.05) is 27.7 Å². The second-order valence-corrected chi connectivity index (χ2v) is 7.47. The monoisotopic (exact) mass is 329 g/mol. The number of nitrogens with zero attached hydrogens (tertiary/aromatic N) is 1. The van der Waals surface area contributed by atoms with Crippen LogP contribution in [0, 0.1) is 6.92 Å². The Bertz CT molecular complexity index is 684. The second kappa shape index (κ2) is 7.86. The first-order valence-electron chi connectivity index (χ1n) is 8.83. The molecule has 24 heavy (non-hydrogen) atoms. The molecule has 132 valence electrons. The highest BCUT2D eigenvalue weighted by atomic mass is 15.4. The number of aryl methyl sites for hydroxylation is 1. The van der Waals surface area contributed by atoms with Crippen molar-refractivity contribution < 1.29 is 4.48 Å². The summed E-state index contributed by atoms with van der Waals surface area (Å²) in [6.45, 7) is 10.6. The van der Waals surface area contributed by atoms with Gasteiger partial charge in [-0.3, -0.25) is 4.48 Å². The number of rotatable bonds is 9. The van der Waals surface area contributed by atoms with Crippen molar-refractivity contribution in [3.8, 4) is 0 Å². The molecule has 0 fully saturated rings. The summed E-state index contributed by atoms with van der Waals surface area (Å²) in [5, 5.41) is 8.06. The van der Waals surface area contributed by atoms with Gasteiger partial charge in [0.2, 0.25) is 0 Å². The third-order valence-corrected chi connectivity index (χ3v) is 4.61.